The average molecular weight is 370 g/mol. The van der Waals surface area contributed by atoms with Gasteiger partial charge in [-0.2, -0.15) is 4.31 Å². The van der Waals surface area contributed by atoms with Crippen molar-refractivity contribution < 1.29 is 17.5 Å². The topological polar surface area (TPSA) is 46.6 Å². The number of methoxy groups -OCH3 is 1. The first-order valence-electron chi connectivity index (χ1n) is 7.51. The van der Waals surface area contributed by atoms with E-state index in [1.807, 2.05) is 24.3 Å². The van der Waals surface area contributed by atoms with Gasteiger partial charge < -0.3 is 4.74 Å². The number of ether oxygens (including phenoxy) is 1. The number of hydrogen-bond donors (Lipinski definition) is 0. The highest BCUT2D eigenvalue weighted by atomic mass is 35.5. The van der Waals surface area contributed by atoms with Crippen molar-refractivity contribution in [3.8, 4) is 5.75 Å². The molecule has 0 spiro atoms. The zero-order valence-electron chi connectivity index (χ0n) is 13.1. The van der Waals surface area contributed by atoms with Gasteiger partial charge in [-0.25, -0.2) is 12.8 Å². The Bertz CT molecular complexity index is 839. The summed E-state index contributed by atoms with van der Waals surface area (Å²) in [5.74, 6) is 0.261. The summed E-state index contributed by atoms with van der Waals surface area (Å²) in [6.07, 6.45) is 0.737. The third-order valence-corrected chi connectivity index (χ3v) is 6.42. The van der Waals surface area contributed by atoms with E-state index in [-0.39, 0.29) is 15.8 Å². The lowest BCUT2D eigenvalue weighted by Crippen LogP contribution is -2.28. The standard InChI is InChI=1S/C17H17ClFNO3S/c1-23-14-4-2-12(3-5-14)13-8-9-20(11-13)24(21,22)15-6-7-17(19)16(18)10-15/h2-7,10,13H,8-9,11H2,1H3. The smallest absolute Gasteiger partial charge is 0.243 e. The molecule has 0 radical (unpaired) electrons. The first-order valence-corrected chi connectivity index (χ1v) is 9.33. The highest BCUT2D eigenvalue weighted by Gasteiger charge is 2.33. The molecule has 128 valence electrons. The van der Waals surface area contributed by atoms with Crippen molar-refractivity contribution >= 4 is 21.6 Å². The first-order chi connectivity index (χ1) is 11.4. The molecule has 0 saturated carbocycles. The molecule has 24 heavy (non-hydrogen) atoms. The maximum absolute atomic E-state index is 13.3. The van der Waals surface area contributed by atoms with Gasteiger partial charge >= 0.3 is 0 Å². The Morgan fingerprint density at radius 1 is 1.21 bits per heavy atom. The molecule has 0 bridgehead atoms. The molecular formula is C17H17ClFNO3S. The van der Waals surface area contributed by atoms with Gasteiger partial charge in [0, 0.05) is 13.1 Å². The molecule has 1 aliphatic heterocycles. The highest BCUT2D eigenvalue weighted by Crippen LogP contribution is 2.32. The number of rotatable bonds is 4. The van der Waals surface area contributed by atoms with Gasteiger partial charge in [-0.1, -0.05) is 23.7 Å². The summed E-state index contributed by atoms with van der Waals surface area (Å²) in [5, 5.41) is -0.193. The predicted octanol–water partition coefficient (Wildman–Crippen LogP) is 3.67. The van der Waals surface area contributed by atoms with Crippen LogP contribution in [0.1, 0.15) is 17.9 Å². The summed E-state index contributed by atoms with van der Waals surface area (Å²) in [6.45, 7) is 0.817. The lowest BCUT2D eigenvalue weighted by molar-refractivity contribution is 0.414. The van der Waals surface area contributed by atoms with Crippen LogP contribution in [0.3, 0.4) is 0 Å². The maximum atomic E-state index is 13.3. The Balaban J connectivity index is 1.79. The summed E-state index contributed by atoms with van der Waals surface area (Å²) in [5.41, 5.74) is 1.07. The highest BCUT2D eigenvalue weighted by molar-refractivity contribution is 7.89. The minimum atomic E-state index is -3.67. The Labute approximate surface area is 145 Å². The minimum Gasteiger partial charge on any atom is -0.497 e. The summed E-state index contributed by atoms with van der Waals surface area (Å²) < 4.78 is 45.2. The Kier molecular flexibility index (Phi) is 4.80. The van der Waals surface area contributed by atoms with Crippen molar-refractivity contribution in [3.63, 3.8) is 0 Å². The van der Waals surface area contributed by atoms with Crippen LogP contribution in [0.2, 0.25) is 5.02 Å². The van der Waals surface area contributed by atoms with Crippen molar-refractivity contribution in [1.29, 1.82) is 0 Å². The number of benzene rings is 2. The van der Waals surface area contributed by atoms with Crippen LogP contribution in [-0.2, 0) is 10.0 Å². The van der Waals surface area contributed by atoms with E-state index in [2.05, 4.69) is 0 Å². The second-order valence-corrected chi connectivity index (χ2v) is 8.04. The fourth-order valence-electron chi connectivity index (χ4n) is 2.88. The predicted molar refractivity (Wildman–Crippen MR) is 90.5 cm³/mol. The van der Waals surface area contributed by atoms with Crippen LogP contribution in [0.25, 0.3) is 0 Å². The van der Waals surface area contributed by atoms with Gasteiger partial charge in [0.1, 0.15) is 11.6 Å². The van der Waals surface area contributed by atoms with Crippen LogP contribution in [-0.4, -0.2) is 32.9 Å². The Morgan fingerprint density at radius 3 is 2.54 bits per heavy atom. The monoisotopic (exact) mass is 369 g/mol. The molecule has 1 unspecified atom stereocenters. The molecule has 2 aromatic carbocycles. The SMILES string of the molecule is COc1ccc(C2CCN(S(=O)(=O)c3ccc(F)c(Cl)c3)C2)cc1. The van der Waals surface area contributed by atoms with Gasteiger partial charge in [-0.15, -0.1) is 0 Å². The van der Waals surface area contributed by atoms with Crippen LogP contribution in [0.4, 0.5) is 4.39 Å². The van der Waals surface area contributed by atoms with Crippen LogP contribution >= 0.6 is 11.6 Å². The van der Waals surface area contributed by atoms with Crippen LogP contribution in [0.15, 0.2) is 47.4 Å². The number of nitrogens with zero attached hydrogens (tertiary/aromatic N) is 1. The largest absolute Gasteiger partial charge is 0.497 e. The van der Waals surface area contributed by atoms with E-state index in [1.165, 1.54) is 10.4 Å². The summed E-state index contributed by atoms with van der Waals surface area (Å²) in [4.78, 5) is 0.0179. The zero-order valence-corrected chi connectivity index (χ0v) is 14.6. The van der Waals surface area contributed by atoms with Crippen molar-refractivity contribution in [2.24, 2.45) is 0 Å². The van der Waals surface area contributed by atoms with Gasteiger partial charge in [-0.05, 0) is 48.2 Å². The van der Waals surface area contributed by atoms with Crippen molar-refractivity contribution in [1.82, 2.24) is 4.31 Å². The van der Waals surface area contributed by atoms with E-state index in [0.717, 1.165) is 29.9 Å². The van der Waals surface area contributed by atoms with E-state index in [9.17, 15) is 12.8 Å². The molecule has 1 aliphatic rings. The number of hydrogen-bond acceptors (Lipinski definition) is 3. The summed E-state index contributed by atoms with van der Waals surface area (Å²) in [7, 11) is -2.07. The van der Waals surface area contributed by atoms with Gasteiger partial charge in [0.05, 0.1) is 17.0 Å². The van der Waals surface area contributed by atoms with Crippen LogP contribution in [0, 0.1) is 5.82 Å². The quantitative estimate of drug-likeness (QED) is 0.826. The molecule has 4 nitrogen and oxygen atoms in total. The molecule has 2 aromatic rings. The summed E-state index contributed by atoms with van der Waals surface area (Å²) >= 11 is 5.71. The zero-order chi connectivity index (χ0) is 17.3. The molecule has 1 saturated heterocycles. The lowest BCUT2D eigenvalue weighted by atomic mass is 9.99. The number of sulfonamides is 1. The second-order valence-electron chi connectivity index (χ2n) is 5.70. The summed E-state index contributed by atoms with van der Waals surface area (Å²) in [6, 6.07) is 11.1. The molecule has 0 aliphatic carbocycles. The maximum Gasteiger partial charge on any atom is 0.243 e. The molecule has 1 atom stereocenters. The number of halogens is 2. The van der Waals surface area contributed by atoms with Crippen molar-refractivity contribution in [3.05, 3.63) is 58.9 Å². The van der Waals surface area contributed by atoms with Gasteiger partial charge in [0.2, 0.25) is 10.0 Å². The molecule has 1 fully saturated rings. The normalized spacial score (nSPS) is 18.7. The fourth-order valence-corrected chi connectivity index (χ4v) is 4.65. The van der Waals surface area contributed by atoms with E-state index < -0.39 is 15.8 Å². The molecule has 7 heteroatoms. The fraction of sp³-hybridized carbons (Fsp3) is 0.294. The molecule has 1 heterocycles. The van der Waals surface area contributed by atoms with E-state index >= 15 is 0 Å². The van der Waals surface area contributed by atoms with Crippen molar-refractivity contribution in [2.45, 2.75) is 17.2 Å². The third kappa shape index (κ3) is 3.27. The van der Waals surface area contributed by atoms with E-state index in [0.29, 0.717) is 13.1 Å². The lowest BCUT2D eigenvalue weighted by Gasteiger charge is -2.17. The van der Waals surface area contributed by atoms with E-state index in [1.54, 1.807) is 7.11 Å². The van der Waals surface area contributed by atoms with Crippen LogP contribution < -0.4 is 4.74 Å². The molecular weight excluding hydrogens is 353 g/mol. The molecule has 3 rings (SSSR count). The third-order valence-electron chi connectivity index (χ3n) is 4.27. The van der Waals surface area contributed by atoms with Gasteiger partial charge in [-0.3, -0.25) is 0 Å². The molecule has 0 aromatic heterocycles. The van der Waals surface area contributed by atoms with Crippen LogP contribution in [0.5, 0.6) is 5.75 Å². The molecule has 0 N–H and O–H groups in total. The second kappa shape index (κ2) is 6.70. The average Bonchev–Trinajstić information content (AvgIpc) is 3.08. The van der Waals surface area contributed by atoms with E-state index in [4.69, 9.17) is 16.3 Å². The first kappa shape index (κ1) is 17.2. The Morgan fingerprint density at radius 2 is 1.92 bits per heavy atom. The Hall–Kier alpha value is -1.63. The minimum absolute atomic E-state index is 0.0179. The molecule has 0 amide bonds. The van der Waals surface area contributed by atoms with Crippen molar-refractivity contribution in [2.75, 3.05) is 20.2 Å². The van der Waals surface area contributed by atoms with Gasteiger partial charge in [0.25, 0.3) is 0 Å². The van der Waals surface area contributed by atoms with Gasteiger partial charge in [0.15, 0.2) is 0 Å².